The van der Waals surface area contributed by atoms with Crippen molar-refractivity contribution in [3.8, 4) is 5.75 Å². The predicted octanol–water partition coefficient (Wildman–Crippen LogP) is 3.61. The molecule has 3 nitrogen and oxygen atoms in total. The molecule has 0 fully saturated rings. The van der Waals surface area contributed by atoms with Crippen LogP contribution >= 0.6 is 24.8 Å². The molecule has 2 rings (SSSR count). The van der Waals surface area contributed by atoms with Gasteiger partial charge >= 0.3 is 0 Å². The van der Waals surface area contributed by atoms with Crippen LogP contribution in [0.2, 0.25) is 0 Å². The molecular formula is C15H20Cl2N2O. The zero-order chi connectivity index (χ0) is 12.6. The molecule has 1 aromatic heterocycles. The predicted molar refractivity (Wildman–Crippen MR) is 86.9 cm³/mol. The van der Waals surface area contributed by atoms with E-state index in [1.165, 1.54) is 11.1 Å². The van der Waals surface area contributed by atoms with E-state index < -0.39 is 0 Å². The van der Waals surface area contributed by atoms with E-state index in [0.29, 0.717) is 6.61 Å². The van der Waals surface area contributed by atoms with Crippen LogP contribution in [0.3, 0.4) is 0 Å². The first-order valence-corrected chi connectivity index (χ1v) is 6.20. The van der Waals surface area contributed by atoms with Gasteiger partial charge < -0.3 is 10.1 Å². The number of aromatic nitrogens is 1. The van der Waals surface area contributed by atoms with Gasteiger partial charge in [-0.2, -0.15) is 0 Å². The number of hydrogen-bond donors (Lipinski definition) is 1. The molecule has 1 heterocycles. The Morgan fingerprint density at radius 1 is 1.05 bits per heavy atom. The highest BCUT2D eigenvalue weighted by atomic mass is 35.5. The Balaban J connectivity index is 0.00000180. The molecule has 0 radical (unpaired) electrons. The first-order valence-electron chi connectivity index (χ1n) is 6.20. The van der Waals surface area contributed by atoms with E-state index in [9.17, 15) is 0 Å². The summed E-state index contributed by atoms with van der Waals surface area (Å²) in [4.78, 5) is 4.09. The fourth-order valence-electron chi connectivity index (χ4n) is 1.77. The zero-order valence-electron chi connectivity index (χ0n) is 11.4. The minimum absolute atomic E-state index is 0. The Morgan fingerprint density at radius 2 is 1.80 bits per heavy atom. The maximum absolute atomic E-state index is 5.47. The van der Waals surface area contributed by atoms with Gasteiger partial charge in [-0.3, -0.25) is 4.98 Å². The number of rotatable bonds is 6. The van der Waals surface area contributed by atoms with Crippen LogP contribution in [0.5, 0.6) is 5.75 Å². The molecule has 0 saturated carbocycles. The van der Waals surface area contributed by atoms with E-state index in [4.69, 9.17) is 4.74 Å². The van der Waals surface area contributed by atoms with Crippen LogP contribution < -0.4 is 10.1 Å². The van der Waals surface area contributed by atoms with E-state index in [-0.39, 0.29) is 24.8 Å². The van der Waals surface area contributed by atoms with E-state index in [1.807, 2.05) is 31.3 Å². The number of nitrogens with zero attached hydrogens (tertiary/aromatic N) is 1. The SMILES string of the molecule is CCOc1cccc(CNCc2cccnc2)c1.Cl.Cl. The van der Waals surface area contributed by atoms with Crippen LogP contribution in [-0.2, 0) is 13.1 Å². The molecule has 0 unspecified atom stereocenters. The largest absolute Gasteiger partial charge is 0.494 e. The molecule has 0 atom stereocenters. The van der Waals surface area contributed by atoms with Crippen molar-refractivity contribution in [2.75, 3.05) is 6.61 Å². The van der Waals surface area contributed by atoms with Crippen LogP contribution in [-0.4, -0.2) is 11.6 Å². The summed E-state index contributed by atoms with van der Waals surface area (Å²) in [6.45, 7) is 4.35. The van der Waals surface area contributed by atoms with Crippen molar-refractivity contribution in [1.29, 1.82) is 0 Å². The topological polar surface area (TPSA) is 34.1 Å². The van der Waals surface area contributed by atoms with Crippen molar-refractivity contribution in [1.82, 2.24) is 10.3 Å². The number of ether oxygens (including phenoxy) is 1. The van der Waals surface area contributed by atoms with Gasteiger partial charge in [0, 0.05) is 25.5 Å². The van der Waals surface area contributed by atoms with Gasteiger partial charge in [-0.1, -0.05) is 18.2 Å². The lowest BCUT2D eigenvalue weighted by molar-refractivity contribution is 0.340. The van der Waals surface area contributed by atoms with Crippen molar-refractivity contribution in [3.05, 3.63) is 59.9 Å². The standard InChI is InChI=1S/C15H18N2O.2ClH/c1-2-18-15-7-3-5-13(9-15)10-17-12-14-6-4-8-16-11-14;;/h3-9,11,17H,2,10,12H2,1H3;2*1H. The molecular weight excluding hydrogens is 295 g/mol. The summed E-state index contributed by atoms with van der Waals surface area (Å²) in [5.41, 5.74) is 2.42. The van der Waals surface area contributed by atoms with Gasteiger partial charge in [0.15, 0.2) is 0 Å². The highest BCUT2D eigenvalue weighted by Crippen LogP contribution is 2.13. The van der Waals surface area contributed by atoms with E-state index in [1.54, 1.807) is 6.20 Å². The molecule has 0 amide bonds. The van der Waals surface area contributed by atoms with Crippen molar-refractivity contribution in [2.45, 2.75) is 20.0 Å². The monoisotopic (exact) mass is 314 g/mol. The minimum Gasteiger partial charge on any atom is -0.494 e. The average molecular weight is 315 g/mol. The van der Waals surface area contributed by atoms with Gasteiger partial charge in [0.1, 0.15) is 5.75 Å². The van der Waals surface area contributed by atoms with Gasteiger partial charge in [0.25, 0.3) is 0 Å². The second-order valence-electron chi connectivity index (χ2n) is 4.05. The molecule has 0 spiro atoms. The Hall–Kier alpha value is -1.29. The second kappa shape index (κ2) is 10.5. The summed E-state index contributed by atoms with van der Waals surface area (Å²) < 4.78 is 5.47. The molecule has 1 aromatic carbocycles. The van der Waals surface area contributed by atoms with Gasteiger partial charge in [-0.15, -0.1) is 24.8 Å². The molecule has 0 bridgehead atoms. The third kappa shape index (κ3) is 6.24. The molecule has 0 saturated heterocycles. The highest BCUT2D eigenvalue weighted by Gasteiger charge is 1.97. The molecule has 2 aromatic rings. The molecule has 0 aliphatic rings. The van der Waals surface area contributed by atoms with Crippen molar-refractivity contribution < 1.29 is 4.74 Å². The number of benzene rings is 1. The summed E-state index contributed by atoms with van der Waals surface area (Å²) in [7, 11) is 0. The third-order valence-electron chi connectivity index (χ3n) is 2.59. The van der Waals surface area contributed by atoms with Crippen molar-refractivity contribution in [3.63, 3.8) is 0 Å². The molecule has 5 heteroatoms. The molecule has 20 heavy (non-hydrogen) atoms. The quantitative estimate of drug-likeness (QED) is 0.884. The summed E-state index contributed by atoms with van der Waals surface area (Å²) in [6, 6.07) is 12.2. The third-order valence-corrected chi connectivity index (χ3v) is 2.59. The first kappa shape index (κ1) is 18.7. The van der Waals surface area contributed by atoms with Crippen molar-refractivity contribution >= 4 is 24.8 Å². The molecule has 110 valence electrons. The first-order chi connectivity index (χ1) is 8.88. The lowest BCUT2D eigenvalue weighted by Crippen LogP contribution is -2.12. The summed E-state index contributed by atoms with van der Waals surface area (Å²) >= 11 is 0. The van der Waals surface area contributed by atoms with E-state index in [0.717, 1.165) is 18.8 Å². The van der Waals surface area contributed by atoms with Crippen molar-refractivity contribution in [2.24, 2.45) is 0 Å². The number of hydrogen-bond acceptors (Lipinski definition) is 3. The Bertz CT molecular complexity index is 480. The van der Waals surface area contributed by atoms with Gasteiger partial charge in [0.2, 0.25) is 0 Å². The Morgan fingerprint density at radius 3 is 2.50 bits per heavy atom. The number of pyridine rings is 1. The number of nitrogens with one attached hydrogen (secondary N) is 1. The van der Waals surface area contributed by atoms with Gasteiger partial charge in [-0.05, 0) is 36.2 Å². The van der Waals surface area contributed by atoms with Crippen LogP contribution in [0.4, 0.5) is 0 Å². The van der Waals surface area contributed by atoms with E-state index >= 15 is 0 Å². The van der Waals surface area contributed by atoms with Crippen LogP contribution in [0, 0.1) is 0 Å². The summed E-state index contributed by atoms with van der Waals surface area (Å²) in [5.74, 6) is 0.929. The van der Waals surface area contributed by atoms with Crippen LogP contribution in [0.1, 0.15) is 18.1 Å². The maximum Gasteiger partial charge on any atom is 0.119 e. The highest BCUT2D eigenvalue weighted by molar-refractivity contribution is 5.85. The zero-order valence-corrected chi connectivity index (χ0v) is 13.0. The average Bonchev–Trinajstić information content (AvgIpc) is 2.41. The minimum atomic E-state index is 0. The van der Waals surface area contributed by atoms with Crippen LogP contribution in [0.25, 0.3) is 0 Å². The Labute approximate surface area is 132 Å². The van der Waals surface area contributed by atoms with Gasteiger partial charge in [-0.25, -0.2) is 0 Å². The molecule has 1 N–H and O–H groups in total. The molecule has 0 aliphatic carbocycles. The fourth-order valence-corrected chi connectivity index (χ4v) is 1.77. The normalized spacial score (nSPS) is 9.25. The smallest absolute Gasteiger partial charge is 0.119 e. The fraction of sp³-hybridized carbons (Fsp3) is 0.267. The van der Waals surface area contributed by atoms with Crippen LogP contribution in [0.15, 0.2) is 48.8 Å². The second-order valence-corrected chi connectivity index (χ2v) is 4.05. The summed E-state index contributed by atoms with van der Waals surface area (Å²) in [5, 5.41) is 3.39. The number of halogens is 2. The lowest BCUT2D eigenvalue weighted by Gasteiger charge is -2.07. The van der Waals surface area contributed by atoms with E-state index in [2.05, 4.69) is 28.5 Å². The maximum atomic E-state index is 5.47. The Kier molecular flexibility index (Phi) is 9.82. The lowest BCUT2D eigenvalue weighted by atomic mass is 10.2. The summed E-state index contributed by atoms with van der Waals surface area (Å²) in [6.07, 6.45) is 3.67. The molecule has 0 aliphatic heterocycles. The van der Waals surface area contributed by atoms with Gasteiger partial charge in [0.05, 0.1) is 6.61 Å².